The molecule has 0 saturated carbocycles. The monoisotopic (exact) mass is 769 g/mol. The maximum absolute atomic E-state index is 12.1. The summed E-state index contributed by atoms with van der Waals surface area (Å²) < 4.78 is 38.2. The van der Waals surface area contributed by atoms with E-state index in [1.807, 2.05) is 11.8 Å². The maximum Gasteiger partial charge on any atom is 0.315 e. The Morgan fingerprint density at radius 3 is 1.88 bits per heavy atom. The van der Waals surface area contributed by atoms with Crippen LogP contribution in [0.25, 0.3) is 10.4 Å². The standard InChI is InChI=1S/C30H55N7O10S3/c31-37-34-23-28(39)32-5-7-41-8-9-42-10-11-43-12-13-44-14-15-45-16-17-46-18-19-47-20-22-50-49-21-6-33-27(38)4-2-1-3-26-29-25(24-48-26)35-30(40)36-29/h25-26,29H,1-24H2,(H,32,39)(H,33,38)(H2,35,36,40)/t25-,26-,29-/m0/s1. The Bertz CT molecular complexity index is 959. The summed E-state index contributed by atoms with van der Waals surface area (Å²) >= 11 is 1.91. The van der Waals surface area contributed by atoms with Crippen LogP contribution in [0.4, 0.5) is 4.79 Å². The zero-order valence-electron chi connectivity index (χ0n) is 28.9. The van der Waals surface area contributed by atoms with E-state index < -0.39 is 0 Å². The molecule has 50 heavy (non-hydrogen) atoms. The zero-order chi connectivity index (χ0) is 35.7. The predicted molar refractivity (Wildman–Crippen MR) is 195 cm³/mol. The molecule has 0 unspecified atom stereocenters. The van der Waals surface area contributed by atoms with Gasteiger partial charge in [0, 0.05) is 46.9 Å². The fourth-order valence-electron chi connectivity index (χ4n) is 4.64. The van der Waals surface area contributed by atoms with Gasteiger partial charge in [0.05, 0.1) is 105 Å². The van der Waals surface area contributed by atoms with Crippen molar-refractivity contribution in [3.05, 3.63) is 10.4 Å². The highest BCUT2D eigenvalue weighted by Crippen LogP contribution is 2.33. The van der Waals surface area contributed by atoms with E-state index in [1.54, 1.807) is 21.6 Å². The van der Waals surface area contributed by atoms with E-state index in [0.29, 0.717) is 117 Å². The minimum Gasteiger partial charge on any atom is -0.378 e. The second-order valence-electron chi connectivity index (χ2n) is 10.9. The molecule has 2 heterocycles. The minimum absolute atomic E-state index is 0.0536. The van der Waals surface area contributed by atoms with Crippen molar-refractivity contribution >= 4 is 51.2 Å². The van der Waals surface area contributed by atoms with Gasteiger partial charge in [0.15, 0.2) is 0 Å². The van der Waals surface area contributed by atoms with Crippen molar-refractivity contribution in [1.82, 2.24) is 21.3 Å². The molecule has 0 bridgehead atoms. The average Bonchev–Trinajstić information content (AvgIpc) is 3.67. The SMILES string of the molecule is [N-]=[N+]=NCC(=O)NCCOCCOCCOCCOCCOCCOCCOCCSSCCNC(=O)CCCC[C@@H]1SC[C@@H]2NC(=O)N[C@@H]21. The molecule has 2 aliphatic heterocycles. The number of hydrogen-bond acceptors (Lipinski definition) is 14. The molecule has 288 valence electrons. The summed E-state index contributed by atoms with van der Waals surface area (Å²) in [7, 11) is 3.47. The number of nitrogens with zero attached hydrogens (tertiary/aromatic N) is 3. The summed E-state index contributed by atoms with van der Waals surface area (Å²) in [6, 6.07) is 0.434. The number of urea groups is 1. The Balaban J connectivity index is 1.17. The Hall–Kier alpha value is -1.71. The molecule has 0 aromatic heterocycles. The van der Waals surface area contributed by atoms with Gasteiger partial charge in [0.1, 0.15) is 6.54 Å². The van der Waals surface area contributed by atoms with E-state index in [0.717, 1.165) is 36.5 Å². The summed E-state index contributed by atoms with van der Waals surface area (Å²) in [4.78, 5) is 37.3. The van der Waals surface area contributed by atoms with Gasteiger partial charge in [0.2, 0.25) is 11.8 Å². The van der Waals surface area contributed by atoms with Gasteiger partial charge in [-0.25, -0.2) is 4.79 Å². The summed E-state index contributed by atoms with van der Waals surface area (Å²) in [5.74, 6) is 2.47. The van der Waals surface area contributed by atoms with Crippen LogP contribution in [0.5, 0.6) is 0 Å². The Morgan fingerprint density at radius 2 is 1.28 bits per heavy atom. The van der Waals surface area contributed by atoms with Crippen LogP contribution in [-0.2, 0) is 42.7 Å². The Kier molecular flexibility index (Phi) is 28.4. The van der Waals surface area contributed by atoms with E-state index in [1.165, 1.54) is 0 Å². The number of carbonyl (C=O) groups excluding carboxylic acids is 3. The number of hydrogen-bond donors (Lipinski definition) is 4. The number of thioether (sulfide) groups is 1. The molecule has 4 amide bonds. The lowest BCUT2D eigenvalue weighted by atomic mass is 10.0. The molecule has 2 aliphatic rings. The van der Waals surface area contributed by atoms with Gasteiger partial charge >= 0.3 is 6.03 Å². The quantitative estimate of drug-likeness (QED) is 0.0181. The van der Waals surface area contributed by atoms with Gasteiger partial charge in [-0.05, 0) is 18.4 Å². The van der Waals surface area contributed by atoms with Crippen LogP contribution < -0.4 is 21.3 Å². The highest BCUT2D eigenvalue weighted by atomic mass is 33.1. The van der Waals surface area contributed by atoms with Crippen molar-refractivity contribution in [3.63, 3.8) is 0 Å². The minimum atomic E-state index is -0.342. The summed E-state index contributed by atoms with van der Waals surface area (Å²) in [5, 5.41) is 15.1. The molecule has 0 aromatic carbocycles. The summed E-state index contributed by atoms with van der Waals surface area (Å²) in [6.45, 7) is 7.52. The number of unbranched alkanes of at least 4 members (excludes halogenated alkanes) is 1. The maximum atomic E-state index is 12.1. The molecule has 0 radical (unpaired) electrons. The molecule has 3 atom stereocenters. The molecule has 2 saturated heterocycles. The fourth-order valence-corrected chi connectivity index (χ4v) is 7.95. The van der Waals surface area contributed by atoms with Crippen molar-refractivity contribution < 1.29 is 47.5 Å². The highest BCUT2D eigenvalue weighted by Gasteiger charge is 2.42. The number of nitrogens with one attached hydrogen (secondary N) is 4. The van der Waals surface area contributed by atoms with Crippen LogP contribution in [-0.4, -0.2) is 165 Å². The number of azide groups is 1. The van der Waals surface area contributed by atoms with Crippen molar-refractivity contribution in [2.45, 2.75) is 43.0 Å². The molecule has 0 aromatic rings. The van der Waals surface area contributed by atoms with Gasteiger partial charge in [-0.3, -0.25) is 9.59 Å². The van der Waals surface area contributed by atoms with Crippen LogP contribution in [0.1, 0.15) is 25.7 Å². The molecule has 20 heteroatoms. The van der Waals surface area contributed by atoms with Crippen LogP contribution in [0.2, 0.25) is 0 Å². The third-order valence-electron chi connectivity index (χ3n) is 7.06. The molecular weight excluding hydrogens is 715 g/mol. The largest absolute Gasteiger partial charge is 0.378 e. The molecule has 2 rings (SSSR count). The number of ether oxygens (including phenoxy) is 7. The predicted octanol–water partition coefficient (Wildman–Crippen LogP) is 1.75. The summed E-state index contributed by atoms with van der Waals surface area (Å²) in [6.07, 6.45) is 3.45. The van der Waals surface area contributed by atoms with Crippen molar-refractivity contribution in [2.24, 2.45) is 5.11 Å². The van der Waals surface area contributed by atoms with Crippen LogP contribution in [0.15, 0.2) is 5.11 Å². The van der Waals surface area contributed by atoms with E-state index in [-0.39, 0.29) is 36.5 Å². The van der Waals surface area contributed by atoms with E-state index in [2.05, 4.69) is 31.3 Å². The Labute approximate surface area is 307 Å². The average molecular weight is 770 g/mol. The first kappa shape index (κ1) is 44.5. The third kappa shape index (κ3) is 24.5. The number of rotatable bonds is 35. The number of fused-ring (bicyclic) bond motifs is 1. The fraction of sp³-hybridized carbons (Fsp3) is 0.900. The van der Waals surface area contributed by atoms with Crippen LogP contribution in [0.3, 0.4) is 0 Å². The third-order valence-corrected chi connectivity index (χ3v) is 10.9. The molecular formula is C30H55N7O10S3. The topological polar surface area (TPSA) is 213 Å². The van der Waals surface area contributed by atoms with Crippen LogP contribution in [0, 0.1) is 0 Å². The molecule has 17 nitrogen and oxygen atoms in total. The van der Waals surface area contributed by atoms with Crippen molar-refractivity contribution in [2.75, 3.05) is 129 Å². The Morgan fingerprint density at radius 1 is 0.740 bits per heavy atom. The highest BCUT2D eigenvalue weighted by molar-refractivity contribution is 8.76. The van der Waals surface area contributed by atoms with E-state index in [4.69, 9.17) is 38.7 Å². The van der Waals surface area contributed by atoms with Gasteiger partial charge in [-0.15, -0.1) is 0 Å². The lowest BCUT2D eigenvalue weighted by Crippen LogP contribution is -2.36. The van der Waals surface area contributed by atoms with Crippen LogP contribution >= 0.6 is 33.3 Å². The first-order chi connectivity index (χ1) is 24.6. The zero-order valence-corrected chi connectivity index (χ0v) is 31.3. The van der Waals surface area contributed by atoms with Crippen molar-refractivity contribution in [1.29, 1.82) is 0 Å². The van der Waals surface area contributed by atoms with E-state index >= 15 is 0 Å². The smallest absolute Gasteiger partial charge is 0.315 e. The molecule has 2 fully saturated rings. The van der Waals surface area contributed by atoms with Crippen molar-refractivity contribution in [3.8, 4) is 0 Å². The number of amides is 4. The van der Waals surface area contributed by atoms with Gasteiger partial charge < -0.3 is 54.4 Å². The molecule has 0 spiro atoms. The van der Waals surface area contributed by atoms with Gasteiger partial charge in [0.25, 0.3) is 0 Å². The molecule has 0 aliphatic carbocycles. The lowest BCUT2D eigenvalue weighted by molar-refractivity contribution is -0.121. The normalized spacial score (nSPS) is 17.9. The summed E-state index contributed by atoms with van der Waals surface area (Å²) in [5.41, 5.74) is 8.14. The molecule has 4 N–H and O–H groups in total. The van der Waals surface area contributed by atoms with E-state index in [9.17, 15) is 14.4 Å². The lowest BCUT2D eigenvalue weighted by Gasteiger charge is -2.16. The second-order valence-corrected chi connectivity index (χ2v) is 14.9. The second kappa shape index (κ2) is 32.0. The number of carbonyl (C=O) groups is 3. The van der Waals surface area contributed by atoms with Gasteiger partial charge in [-0.2, -0.15) is 11.8 Å². The first-order valence-electron chi connectivity index (χ1n) is 17.1. The first-order valence-corrected chi connectivity index (χ1v) is 20.6. The van der Waals surface area contributed by atoms with Gasteiger partial charge in [-0.1, -0.05) is 33.1 Å².